The predicted molar refractivity (Wildman–Crippen MR) is 92.5 cm³/mol. The van der Waals surface area contributed by atoms with Crippen molar-refractivity contribution in [3.63, 3.8) is 0 Å². The van der Waals surface area contributed by atoms with Crippen LogP contribution in [0.1, 0.15) is 5.56 Å². The Hall–Kier alpha value is -1.13. The number of ether oxygens (including phenoxy) is 2. The Morgan fingerprint density at radius 3 is 2.17 bits per heavy atom. The third-order valence-electron chi connectivity index (χ3n) is 2.76. The quantitative estimate of drug-likeness (QED) is 0.562. The van der Waals surface area contributed by atoms with E-state index in [9.17, 15) is 4.39 Å². The Kier molecular flexibility index (Phi) is 6.85. The Morgan fingerprint density at radius 2 is 1.61 bits per heavy atom. The smallest absolute Gasteiger partial charge is 0.157 e. The molecule has 0 aromatic heterocycles. The second kappa shape index (κ2) is 8.65. The van der Waals surface area contributed by atoms with Crippen molar-refractivity contribution in [3.8, 4) is 11.5 Å². The highest BCUT2D eigenvalue weighted by molar-refractivity contribution is 6.55. The average molecular weight is 396 g/mol. The van der Waals surface area contributed by atoms with E-state index in [-0.39, 0.29) is 23.5 Å². The first kappa shape index (κ1) is 18.2. The zero-order valence-electron chi connectivity index (χ0n) is 11.7. The summed E-state index contributed by atoms with van der Waals surface area (Å²) in [6.07, 6.45) is 1.49. The largest absolute Gasteiger partial charge is 0.489 e. The highest BCUT2D eigenvalue weighted by Crippen LogP contribution is 2.37. The molecule has 0 radical (unpaired) electrons. The highest BCUT2D eigenvalue weighted by atomic mass is 35.5. The van der Waals surface area contributed by atoms with Crippen molar-refractivity contribution < 1.29 is 13.9 Å². The van der Waals surface area contributed by atoms with Crippen LogP contribution in [0.4, 0.5) is 4.39 Å². The van der Waals surface area contributed by atoms with Gasteiger partial charge in [0.1, 0.15) is 29.3 Å². The number of hydrogen-bond donors (Lipinski definition) is 0. The lowest BCUT2D eigenvalue weighted by atomic mass is 10.2. The maximum atomic E-state index is 12.9. The van der Waals surface area contributed by atoms with E-state index in [4.69, 9.17) is 55.9 Å². The standard InChI is InChI=1S/C16H11Cl4FO2/c17-13-7-12(22-6-5-15(19)20)8-14(18)16(13)23-9-10-1-3-11(21)4-2-10/h1-5,7-8H,6,9H2. The topological polar surface area (TPSA) is 18.5 Å². The zero-order valence-corrected chi connectivity index (χ0v) is 14.7. The lowest BCUT2D eigenvalue weighted by Crippen LogP contribution is -1.98. The monoisotopic (exact) mass is 394 g/mol. The molecule has 0 amide bonds. The summed E-state index contributed by atoms with van der Waals surface area (Å²) in [6.45, 7) is 0.398. The van der Waals surface area contributed by atoms with E-state index < -0.39 is 0 Å². The molecule has 2 rings (SSSR count). The summed E-state index contributed by atoms with van der Waals surface area (Å²) in [6, 6.07) is 9.10. The molecule has 0 heterocycles. The van der Waals surface area contributed by atoms with E-state index >= 15 is 0 Å². The second-order valence-electron chi connectivity index (χ2n) is 4.44. The Morgan fingerprint density at radius 1 is 1.00 bits per heavy atom. The van der Waals surface area contributed by atoms with E-state index in [0.29, 0.717) is 21.5 Å². The van der Waals surface area contributed by atoms with Gasteiger partial charge in [-0.25, -0.2) is 4.39 Å². The predicted octanol–water partition coefficient (Wildman–Crippen LogP) is 6.41. The highest BCUT2D eigenvalue weighted by Gasteiger charge is 2.11. The first-order chi connectivity index (χ1) is 11.0. The number of benzene rings is 2. The number of halogens is 5. The minimum atomic E-state index is -0.308. The molecule has 0 fully saturated rings. The van der Waals surface area contributed by atoms with E-state index in [1.165, 1.54) is 18.2 Å². The molecule has 0 aliphatic rings. The van der Waals surface area contributed by atoms with E-state index in [0.717, 1.165) is 5.56 Å². The van der Waals surface area contributed by atoms with Gasteiger partial charge in [-0.05, 0) is 23.8 Å². The number of rotatable bonds is 6. The molecule has 0 atom stereocenters. The molecule has 0 aliphatic heterocycles. The van der Waals surface area contributed by atoms with Crippen LogP contribution in [0.3, 0.4) is 0 Å². The lowest BCUT2D eigenvalue weighted by molar-refractivity contribution is 0.305. The fraction of sp³-hybridized carbons (Fsp3) is 0.125. The molecular weight excluding hydrogens is 385 g/mol. The molecular formula is C16H11Cl4FO2. The van der Waals surface area contributed by atoms with Gasteiger partial charge in [0.2, 0.25) is 0 Å². The van der Waals surface area contributed by atoms with Gasteiger partial charge in [0.25, 0.3) is 0 Å². The Balaban J connectivity index is 2.04. The normalized spacial score (nSPS) is 10.3. The van der Waals surface area contributed by atoms with Gasteiger partial charge in [0.05, 0.1) is 10.0 Å². The van der Waals surface area contributed by atoms with Gasteiger partial charge < -0.3 is 9.47 Å². The van der Waals surface area contributed by atoms with Crippen LogP contribution < -0.4 is 9.47 Å². The van der Waals surface area contributed by atoms with Crippen molar-refractivity contribution >= 4 is 46.4 Å². The molecule has 0 bridgehead atoms. The Labute approximate surface area is 153 Å². The van der Waals surface area contributed by atoms with Crippen molar-refractivity contribution in [2.24, 2.45) is 0 Å². The summed E-state index contributed by atoms with van der Waals surface area (Å²) in [4.78, 5) is 0. The molecule has 0 saturated carbocycles. The van der Waals surface area contributed by atoms with Crippen molar-refractivity contribution in [1.29, 1.82) is 0 Å². The van der Waals surface area contributed by atoms with Crippen LogP contribution in [0.25, 0.3) is 0 Å². The van der Waals surface area contributed by atoms with E-state index in [1.807, 2.05) is 0 Å². The van der Waals surface area contributed by atoms with Crippen LogP contribution in [0.5, 0.6) is 11.5 Å². The second-order valence-corrected chi connectivity index (χ2v) is 6.26. The fourth-order valence-electron chi connectivity index (χ4n) is 1.69. The first-order valence-corrected chi connectivity index (χ1v) is 7.97. The van der Waals surface area contributed by atoms with Crippen LogP contribution in [-0.4, -0.2) is 6.61 Å². The molecule has 122 valence electrons. The molecule has 2 aromatic rings. The SMILES string of the molecule is Fc1ccc(COc2c(Cl)cc(OCC=C(Cl)Cl)cc2Cl)cc1. The van der Waals surface area contributed by atoms with Crippen molar-refractivity contribution in [2.75, 3.05) is 6.61 Å². The van der Waals surface area contributed by atoms with Crippen LogP contribution in [0, 0.1) is 5.82 Å². The lowest BCUT2D eigenvalue weighted by Gasteiger charge is -2.12. The van der Waals surface area contributed by atoms with Gasteiger partial charge in [0.15, 0.2) is 5.75 Å². The molecule has 0 N–H and O–H groups in total. The molecule has 7 heteroatoms. The number of hydrogen-bond acceptors (Lipinski definition) is 2. The molecule has 0 aliphatic carbocycles. The summed E-state index contributed by atoms with van der Waals surface area (Å²) in [5, 5.41) is 0.603. The summed E-state index contributed by atoms with van der Waals surface area (Å²) >= 11 is 23.3. The van der Waals surface area contributed by atoms with Gasteiger partial charge in [0, 0.05) is 12.1 Å². The minimum absolute atomic E-state index is 0.112. The average Bonchev–Trinajstić information content (AvgIpc) is 2.48. The molecule has 23 heavy (non-hydrogen) atoms. The molecule has 0 saturated heterocycles. The molecule has 0 spiro atoms. The Bertz CT molecular complexity index is 675. The summed E-state index contributed by atoms with van der Waals surface area (Å²) in [7, 11) is 0. The van der Waals surface area contributed by atoms with E-state index in [2.05, 4.69) is 0 Å². The van der Waals surface area contributed by atoms with E-state index in [1.54, 1.807) is 24.3 Å². The van der Waals surface area contributed by atoms with Gasteiger partial charge in [-0.1, -0.05) is 58.5 Å². The maximum absolute atomic E-state index is 12.9. The van der Waals surface area contributed by atoms with Crippen LogP contribution in [-0.2, 0) is 6.61 Å². The summed E-state index contributed by atoms with van der Waals surface area (Å²) < 4.78 is 24.0. The third kappa shape index (κ3) is 5.78. The van der Waals surface area contributed by atoms with Crippen molar-refractivity contribution in [2.45, 2.75) is 6.61 Å². The van der Waals surface area contributed by atoms with Gasteiger partial charge in [-0.3, -0.25) is 0 Å². The third-order valence-corrected chi connectivity index (χ3v) is 3.63. The fourth-order valence-corrected chi connectivity index (χ4v) is 2.40. The first-order valence-electron chi connectivity index (χ1n) is 6.46. The zero-order chi connectivity index (χ0) is 16.8. The molecule has 0 unspecified atom stereocenters. The van der Waals surface area contributed by atoms with Gasteiger partial charge >= 0.3 is 0 Å². The van der Waals surface area contributed by atoms with Crippen LogP contribution >= 0.6 is 46.4 Å². The van der Waals surface area contributed by atoms with Crippen molar-refractivity contribution in [3.05, 3.63) is 68.4 Å². The molecule has 2 nitrogen and oxygen atoms in total. The minimum Gasteiger partial charge on any atom is -0.489 e. The maximum Gasteiger partial charge on any atom is 0.157 e. The molecule has 2 aromatic carbocycles. The summed E-state index contributed by atoms with van der Waals surface area (Å²) in [5.41, 5.74) is 0.792. The van der Waals surface area contributed by atoms with Gasteiger partial charge in [-0.2, -0.15) is 0 Å². The summed E-state index contributed by atoms with van der Waals surface area (Å²) in [5.74, 6) is 0.480. The van der Waals surface area contributed by atoms with Gasteiger partial charge in [-0.15, -0.1) is 0 Å². The van der Waals surface area contributed by atoms with Crippen molar-refractivity contribution in [1.82, 2.24) is 0 Å². The van der Waals surface area contributed by atoms with Crippen LogP contribution in [0.2, 0.25) is 10.0 Å². The van der Waals surface area contributed by atoms with Crippen LogP contribution in [0.15, 0.2) is 47.0 Å².